The first-order valence-electron chi connectivity index (χ1n) is 6.13. The van der Waals surface area contributed by atoms with Gasteiger partial charge in [-0.05, 0) is 54.6 Å². The normalized spacial score (nSPS) is 10.5. The summed E-state index contributed by atoms with van der Waals surface area (Å²) in [6.45, 7) is 4.62. The fourth-order valence-corrected chi connectivity index (χ4v) is 2.94. The molecule has 2 N–H and O–H groups in total. The van der Waals surface area contributed by atoms with Crippen molar-refractivity contribution in [3.8, 4) is 0 Å². The van der Waals surface area contributed by atoms with Crippen molar-refractivity contribution in [3.63, 3.8) is 0 Å². The largest absolute Gasteiger partial charge is 0.399 e. The van der Waals surface area contributed by atoms with Gasteiger partial charge in [-0.15, -0.1) is 11.3 Å². The van der Waals surface area contributed by atoms with E-state index in [2.05, 4.69) is 18.4 Å². The van der Waals surface area contributed by atoms with Gasteiger partial charge in [0.1, 0.15) is 0 Å². The van der Waals surface area contributed by atoms with Crippen LogP contribution in [0.3, 0.4) is 0 Å². The molecule has 0 spiro atoms. The van der Waals surface area contributed by atoms with Gasteiger partial charge in [-0.25, -0.2) is 0 Å². The van der Waals surface area contributed by atoms with Gasteiger partial charge in [-0.3, -0.25) is 4.79 Å². The van der Waals surface area contributed by atoms with Gasteiger partial charge in [0.05, 0.1) is 6.54 Å². The molecule has 100 valence electrons. The Morgan fingerprint density at radius 2 is 2.00 bits per heavy atom. The Kier molecular flexibility index (Phi) is 3.90. The lowest BCUT2D eigenvalue weighted by atomic mass is 10.1. The summed E-state index contributed by atoms with van der Waals surface area (Å²) in [5, 5.41) is 2.05. The molecule has 0 saturated carbocycles. The fourth-order valence-electron chi connectivity index (χ4n) is 1.99. The van der Waals surface area contributed by atoms with Crippen molar-refractivity contribution in [1.82, 2.24) is 4.90 Å². The molecule has 1 aromatic heterocycles. The molecule has 2 rings (SSSR count). The predicted molar refractivity (Wildman–Crippen MR) is 80.4 cm³/mol. The minimum absolute atomic E-state index is 0.0327. The number of anilines is 1. The van der Waals surface area contributed by atoms with E-state index in [-0.39, 0.29) is 5.91 Å². The molecule has 1 heterocycles. The van der Waals surface area contributed by atoms with Gasteiger partial charge in [0.2, 0.25) is 0 Å². The molecule has 0 aliphatic heterocycles. The first kappa shape index (κ1) is 13.6. The summed E-state index contributed by atoms with van der Waals surface area (Å²) in [6, 6.07) is 7.47. The topological polar surface area (TPSA) is 46.3 Å². The Morgan fingerprint density at radius 3 is 2.58 bits per heavy atom. The molecule has 0 saturated heterocycles. The maximum absolute atomic E-state index is 12.4. The Morgan fingerprint density at radius 1 is 1.26 bits per heavy atom. The van der Waals surface area contributed by atoms with E-state index in [0.717, 1.165) is 5.56 Å². The molecular weight excluding hydrogens is 256 g/mol. The van der Waals surface area contributed by atoms with Crippen LogP contribution in [0.4, 0.5) is 5.69 Å². The second kappa shape index (κ2) is 5.45. The maximum Gasteiger partial charge on any atom is 0.254 e. The lowest BCUT2D eigenvalue weighted by molar-refractivity contribution is 0.0785. The van der Waals surface area contributed by atoms with E-state index < -0.39 is 0 Å². The highest BCUT2D eigenvalue weighted by Gasteiger charge is 2.15. The molecule has 0 bridgehead atoms. The van der Waals surface area contributed by atoms with Crippen LogP contribution >= 0.6 is 11.3 Å². The molecule has 0 aliphatic carbocycles. The second-order valence-electron chi connectivity index (χ2n) is 4.76. The number of aryl methyl sites for hydroxylation is 2. The van der Waals surface area contributed by atoms with Crippen molar-refractivity contribution in [3.05, 3.63) is 51.2 Å². The molecular formula is C15H18N2OS. The number of carbonyl (C=O) groups is 1. The van der Waals surface area contributed by atoms with Crippen molar-refractivity contribution in [1.29, 1.82) is 0 Å². The molecule has 1 aromatic carbocycles. The average Bonchev–Trinajstić information content (AvgIpc) is 2.74. The SMILES string of the molecule is Cc1cc(N)ccc1C(=O)N(C)Cc1sccc1C. The fraction of sp³-hybridized carbons (Fsp3) is 0.267. The first-order valence-corrected chi connectivity index (χ1v) is 7.01. The Bertz CT molecular complexity index is 604. The summed E-state index contributed by atoms with van der Waals surface area (Å²) < 4.78 is 0. The van der Waals surface area contributed by atoms with E-state index in [9.17, 15) is 4.79 Å². The van der Waals surface area contributed by atoms with Crippen LogP contribution < -0.4 is 5.73 Å². The van der Waals surface area contributed by atoms with Crippen molar-refractivity contribution in [2.75, 3.05) is 12.8 Å². The molecule has 1 amide bonds. The zero-order valence-corrected chi connectivity index (χ0v) is 12.3. The van der Waals surface area contributed by atoms with Gasteiger partial charge in [-0.2, -0.15) is 0 Å². The number of amides is 1. The third kappa shape index (κ3) is 2.96. The van der Waals surface area contributed by atoms with Crippen LogP contribution in [-0.4, -0.2) is 17.9 Å². The highest BCUT2D eigenvalue weighted by Crippen LogP contribution is 2.20. The van der Waals surface area contributed by atoms with Gasteiger partial charge in [0, 0.05) is 23.2 Å². The number of thiophene rings is 1. The number of hydrogen-bond donors (Lipinski definition) is 1. The van der Waals surface area contributed by atoms with Gasteiger partial charge in [0.25, 0.3) is 5.91 Å². The Hall–Kier alpha value is -1.81. The van der Waals surface area contributed by atoms with Crippen LogP contribution in [-0.2, 0) is 6.54 Å². The molecule has 0 atom stereocenters. The summed E-state index contributed by atoms with van der Waals surface area (Å²) in [7, 11) is 1.83. The van der Waals surface area contributed by atoms with Crippen LogP contribution in [0.2, 0.25) is 0 Å². The molecule has 3 nitrogen and oxygen atoms in total. The monoisotopic (exact) mass is 274 g/mol. The number of carbonyl (C=O) groups excluding carboxylic acids is 1. The maximum atomic E-state index is 12.4. The number of hydrogen-bond acceptors (Lipinski definition) is 3. The highest BCUT2D eigenvalue weighted by atomic mass is 32.1. The van der Waals surface area contributed by atoms with Gasteiger partial charge in [-0.1, -0.05) is 0 Å². The minimum atomic E-state index is 0.0327. The van der Waals surface area contributed by atoms with Gasteiger partial charge < -0.3 is 10.6 Å². The zero-order valence-electron chi connectivity index (χ0n) is 11.4. The lowest BCUT2D eigenvalue weighted by Gasteiger charge is -2.18. The van der Waals surface area contributed by atoms with Crippen LogP contribution in [0.1, 0.15) is 26.4 Å². The first-order chi connectivity index (χ1) is 8.99. The standard InChI is InChI=1S/C15H18N2OS/c1-10-6-7-19-14(10)9-17(3)15(18)13-5-4-12(16)8-11(13)2/h4-8H,9,16H2,1-3H3. The molecule has 4 heteroatoms. The van der Waals surface area contributed by atoms with E-state index in [0.29, 0.717) is 17.8 Å². The van der Waals surface area contributed by atoms with E-state index >= 15 is 0 Å². The number of nitrogens with zero attached hydrogens (tertiary/aromatic N) is 1. The molecule has 0 radical (unpaired) electrons. The molecule has 0 fully saturated rings. The third-order valence-corrected chi connectivity index (χ3v) is 4.18. The van der Waals surface area contributed by atoms with Gasteiger partial charge >= 0.3 is 0 Å². The van der Waals surface area contributed by atoms with Crippen LogP contribution in [0.5, 0.6) is 0 Å². The summed E-state index contributed by atoms with van der Waals surface area (Å²) in [5.41, 5.74) is 9.26. The van der Waals surface area contributed by atoms with Crippen molar-refractivity contribution >= 4 is 22.9 Å². The van der Waals surface area contributed by atoms with Crippen molar-refractivity contribution in [2.45, 2.75) is 20.4 Å². The minimum Gasteiger partial charge on any atom is -0.399 e. The molecule has 0 unspecified atom stereocenters. The van der Waals surface area contributed by atoms with Crippen LogP contribution in [0, 0.1) is 13.8 Å². The average molecular weight is 274 g/mol. The van der Waals surface area contributed by atoms with E-state index in [4.69, 9.17) is 5.73 Å². The molecule has 0 aliphatic rings. The highest BCUT2D eigenvalue weighted by molar-refractivity contribution is 7.10. The second-order valence-corrected chi connectivity index (χ2v) is 5.76. The third-order valence-electron chi connectivity index (χ3n) is 3.18. The van der Waals surface area contributed by atoms with Gasteiger partial charge in [0.15, 0.2) is 0 Å². The summed E-state index contributed by atoms with van der Waals surface area (Å²) in [4.78, 5) is 15.4. The Balaban J connectivity index is 2.17. The summed E-state index contributed by atoms with van der Waals surface area (Å²) in [5.74, 6) is 0.0327. The quantitative estimate of drug-likeness (QED) is 0.874. The number of nitrogen functional groups attached to an aromatic ring is 1. The number of rotatable bonds is 3. The van der Waals surface area contributed by atoms with Crippen LogP contribution in [0.15, 0.2) is 29.6 Å². The molecule has 2 aromatic rings. The van der Waals surface area contributed by atoms with Crippen molar-refractivity contribution < 1.29 is 4.79 Å². The smallest absolute Gasteiger partial charge is 0.254 e. The Labute approximate surface area is 117 Å². The van der Waals surface area contributed by atoms with E-state index in [1.54, 1.807) is 28.4 Å². The number of nitrogens with two attached hydrogens (primary N) is 1. The number of benzene rings is 1. The lowest BCUT2D eigenvalue weighted by Crippen LogP contribution is -2.26. The predicted octanol–water partition coefficient (Wildman–Crippen LogP) is 3.22. The zero-order chi connectivity index (χ0) is 14.0. The molecule has 19 heavy (non-hydrogen) atoms. The van der Waals surface area contributed by atoms with Crippen LogP contribution in [0.25, 0.3) is 0 Å². The summed E-state index contributed by atoms with van der Waals surface area (Å²) >= 11 is 1.68. The van der Waals surface area contributed by atoms with E-state index in [1.807, 2.05) is 20.0 Å². The van der Waals surface area contributed by atoms with E-state index in [1.165, 1.54) is 10.4 Å². The van der Waals surface area contributed by atoms with Crippen molar-refractivity contribution in [2.24, 2.45) is 0 Å². The summed E-state index contributed by atoms with van der Waals surface area (Å²) in [6.07, 6.45) is 0.